The summed E-state index contributed by atoms with van der Waals surface area (Å²) in [6, 6.07) is 11.7. The second-order valence-electron chi connectivity index (χ2n) is 4.40. The molecule has 0 aliphatic rings. The molecule has 2 N–H and O–H groups in total. The van der Waals surface area contributed by atoms with E-state index in [-0.39, 0.29) is 6.61 Å². The number of thiophene rings is 1. The second-order valence-corrected chi connectivity index (χ2v) is 5.84. The van der Waals surface area contributed by atoms with Crippen LogP contribution < -0.4 is 5.32 Å². The molecule has 4 heteroatoms. The zero-order chi connectivity index (χ0) is 13.0. The van der Waals surface area contributed by atoms with Gasteiger partial charge in [-0.2, -0.15) is 0 Å². The van der Waals surface area contributed by atoms with Crippen LogP contribution in [0.4, 0.5) is 0 Å². The van der Waals surface area contributed by atoms with Crippen molar-refractivity contribution in [2.45, 2.75) is 19.0 Å². The number of aliphatic hydroxyl groups is 1. The Morgan fingerprint density at radius 1 is 1.28 bits per heavy atom. The second kappa shape index (κ2) is 5.85. The van der Waals surface area contributed by atoms with Crippen molar-refractivity contribution < 1.29 is 5.11 Å². The molecule has 2 rings (SSSR count). The summed E-state index contributed by atoms with van der Waals surface area (Å²) in [7, 11) is 0. The summed E-state index contributed by atoms with van der Waals surface area (Å²) in [5, 5.41) is 15.8. The summed E-state index contributed by atoms with van der Waals surface area (Å²) in [6.45, 7) is 2.68. The Kier molecular flexibility index (Phi) is 4.40. The maximum absolute atomic E-state index is 9.67. The molecule has 0 saturated carbocycles. The van der Waals surface area contributed by atoms with Crippen LogP contribution in [0.2, 0.25) is 5.02 Å². The predicted octanol–water partition coefficient (Wildman–Crippen LogP) is 3.40. The molecule has 1 aromatic heterocycles. The highest BCUT2D eigenvalue weighted by Crippen LogP contribution is 2.28. The molecular formula is C14H16ClNOS. The van der Waals surface area contributed by atoms with E-state index in [4.69, 9.17) is 11.6 Å². The molecule has 1 atom stereocenters. The van der Waals surface area contributed by atoms with E-state index in [0.717, 1.165) is 12.1 Å². The minimum absolute atomic E-state index is 0.00209. The van der Waals surface area contributed by atoms with Crippen LogP contribution in [-0.2, 0) is 12.1 Å². The maximum atomic E-state index is 9.67. The summed E-state index contributed by atoms with van der Waals surface area (Å²) >= 11 is 7.90. The van der Waals surface area contributed by atoms with Crippen molar-refractivity contribution in [1.29, 1.82) is 0 Å². The van der Waals surface area contributed by atoms with Crippen molar-refractivity contribution in [3.63, 3.8) is 0 Å². The molecular weight excluding hydrogens is 266 g/mol. The quantitative estimate of drug-likeness (QED) is 0.880. The van der Waals surface area contributed by atoms with E-state index in [1.807, 2.05) is 42.6 Å². The van der Waals surface area contributed by atoms with Crippen LogP contribution in [0.25, 0.3) is 0 Å². The Morgan fingerprint density at radius 3 is 2.67 bits per heavy atom. The molecule has 0 bridgehead atoms. The van der Waals surface area contributed by atoms with Gasteiger partial charge >= 0.3 is 0 Å². The first-order valence-electron chi connectivity index (χ1n) is 5.79. The lowest BCUT2D eigenvalue weighted by molar-refractivity contribution is 0.174. The van der Waals surface area contributed by atoms with Crippen LogP contribution in [0.15, 0.2) is 41.8 Å². The summed E-state index contributed by atoms with van der Waals surface area (Å²) in [5.41, 5.74) is 0.397. The fourth-order valence-electron chi connectivity index (χ4n) is 1.84. The first kappa shape index (κ1) is 13.6. The normalized spacial score (nSPS) is 14.4. The molecule has 2 aromatic rings. The highest BCUT2D eigenvalue weighted by Gasteiger charge is 2.27. The lowest BCUT2D eigenvalue weighted by atomic mass is 9.93. The van der Waals surface area contributed by atoms with Crippen molar-refractivity contribution >= 4 is 22.9 Å². The number of aliphatic hydroxyl groups excluding tert-OH is 1. The van der Waals surface area contributed by atoms with E-state index in [1.165, 1.54) is 4.88 Å². The zero-order valence-corrected chi connectivity index (χ0v) is 11.8. The standard InChI is InChI=1S/C14H16ClNOS/c1-14(10-17,12-6-2-3-7-13(12)15)16-9-11-5-4-8-18-11/h2-8,16-17H,9-10H2,1H3. The molecule has 0 fully saturated rings. The summed E-state index contributed by atoms with van der Waals surface area (Å²) in [4.78, 5) is 1.24. The van der Waals surface area contributed by atoms with Gasteiger partial charge in [-0.05, 0) is 30.0 Å². The highest BCUT2D eigenvalue weighted by molar-refractivity contribution is 7.09. The van der Waals surface area contributed by atoms with Gasteiger partial charge in [0.05, 0.1) is 12.1 Å². The molecule has 2 nitrogen and oxygen atoms in total. The molecule has 0 radical (unpaired) electrons. The van der Waals surface area contributed by atoms with E-state index in [0.29, 0.717) is 5.02 Å². The average Bonchev–Trinajstić information content (AvgIpc) is 2.90. The largest absolute Gasteiger partial charge is 0.394 e. The van der Waals surface area contributed by atoms with Gasteiger partial charge in [0, 0.05) is 16.4 Å². The molecule has 96 valence electrons. The van der Waals surface area contributed by atoms with E-state index in [1.54, 1.807) is 11.3 Å². The van der Waals surface area contributed by atoms with E-state index in [9.17, 15) is 5.11 Å². The van der Waals surface area contributed by atoms with Crippen molar-refractivity contribution in [1.82, 2.24) is 5.32 Å². The first-order valence-corrected chi connectivity index (χ1v) is 7.05. The van der Waals surface area contributed by atoms with Gasteiger partial charge in [0.15, 0.2) is 0 Å². The van der Waals surface area contributed by atoms with Gasteiger partial charge in [-0.25, -0.2) is 0 Å². The molecule has 18 heavy (non-hydrogen) atoms. The van der Waals surface area contributed by atoms with Gasteiger partial charge in [0.1, 0.15) is 0 Å². The van der Waals surface area contributed by atoms with Gasteiger partial charge in [-0.15, -0.1) is 11.3 Å². The number of hydrogen-bond donors (Lipinski definition) is 2. The third kappa shape index (κ3) is 2.93. The summed E-state index contributed by atoms with van der Waals surface area (Å²) in [5.74, 6) is 0. The molecule has 1 aromatic carbocycles. The number of rotatable bonds is 5. The highest BCUT2D eigenvalue weighted by atomic mass is 35.5. The summed E-state index contributed by atoms with van der Waals surface area (Å²) < 4.78 is 0. The lowest BCUT2D eigenvalue weighted by Gasteiger charge is -2.30. The average molecular weight is 282 g/mol. The van der Waals surface area contributed by atoms with Gasteiger partial charge < -0.3 is 10.4 Å². The monoisotopic (exact) mass is 281 g/mol. The Hall–Kier alpha value is -0.870. The van der Waals surface area contributed by atoms with E-state index >= 15 is 0 Å². The fourth-order valence-corrected chi connectivity index (χ4v) is 2.83. The minimum Gasteiger partial charge on any atom is -0.394 e. The van der Waals surface area contributed by atoms with Crippen LogP contribution in [0, 0.1) is 0 Å². The van der Waals surface area contributed by atoms with Crippen LogP contribution in [0.1, 0.15) is 17.4 Å². The molecule has 0 amide bonds. The molecule has 0 aliphatic carbocycles. The fraction of sp³-hybridized carbons (Fsp3) is 0.286. The molecule has 0 spiro atoms. The Morgan fingerprint density at radius 2 is 2.06 bits per heavy atom. The van der Waals surface area contributed by atoms with Gasteiger partial charge in [-0.1, -0.05) is 35.9 Å². The van der Waals surface area contributed by atoms with E-state index < -0.39 is 5.54 Å². The lowest BCUT2D eigenvalue weighted by Crippen LogP contribution is -2.42. The third-order valence-corrected chi connectivity index (χ3v) is 4.22. The number of halogens is 1. The smallest absolute Gasteiger partial charge is 0.0657 e. The van der Waals surface area contributed by atoms with Gasteiger partial charge in [-0.3, -0.25) is 0 Å². The number of nitrogens with one attached hydrogen (secondary N) is 1. The topological polar surface area (TPSA) is 32.3 Å². The molecule has 0 aliphatic heterocycles. The van der Waals surface area contributed by atoms with E-state index in [2.05, 4.69) is 11.4 Å². The van der Waals surface area contributed by atoms with Crippen LogP contribution in [-0.4, -0.2) is 11.7 Å². The maximum Gasteiger partial charge on any atom is 0.0657 e. The summed E-state index contributed by atoms with van der Waals surface area (Å²) in [6.07, 6.45) is 0. The SMILES string of the molecule is CC(CO)(NCc1cccs1)c1ccccc1Cl. The predicted molar refractivity (Wildman–Crippen MR) is 77.0 cm³/mol. The minimum atomic E-state index is -0.525. The zero-order valence-electron chi connectivity index (χ0n) is 10.2. The van der Waals surface area contributed by atoms with Crippen LogP contribution in [0.5, 0.6) is 0 Å². The Balaban J connectivity index is 2.17. The molecule has 0 saturated heterocycles. The van der Waals surface area contributed by atoms with Crippen molar-refractivity contribution in [2.24, 2.45) is 0 Å². The van der Waals surface area contributed by atoms with Crippen LogP contribution >= 0.6 is 22.9 Å². The van der Waals surface area contributed by atoms with Gasteiger partial charge in [0.2, 0.25) is 0 Å². The Labute approximate surface area is 116 Å². The van der Waals surface area contributed by atoms with Crippen molar-refractivity contribution in [2.75, 3.05) is 6.61 Å². The van der Waals surface area contributed by atoms with Crippen molar-refractivity contribution in [3.05, 3.63) is 57.2 Å². The third-order valence-electron chi connectivity index (χ3n) is 3.02. The Bertz CT molecular complexity index is 500. The van der Waals surface area contributed by atoms with Crippen molar-refractivity contribution in [3.8, 4) is 0 Å². The van der Waals surface area contributed by atoms with Gasteiger partial charge in [0.25, 0.3) is 0 Å². The molecule has 1 heterocycles. The molecule has 1 unspecified atom stereocenters. The number of benzene rings is 1. The van der Waals surface area contributed by atoms with Crippen LogP contribution in [0.3, 0.4) is 0 Å². The number of hydrogen-bond acceptors (Lipinski definition) is 3. The first-order chi connectivity index (χ1) is 8.65.